The Balaban J connectivity index is 1.60. The van der Waals surface area contributed by atoms with E-state index in [-0.39, 0.29) is 5.56 Å². The lowest BCUT2D eigenvalue weighted by Crippen LogP contribution is -2.07. The summed E-state index contributed by atoms with van der Waals surface area (Å²) in [7, 11) is 0. The number of fused-ring (bicyclic) bond motifs is 5. The number of aromatic nitrogens is 1. The van der Waals surface area contributed by atoms with Crippen LogP contribution in [-0.4, -0.2) is 4.98 Å². The topological polar surface area (TPSA) is 26.0 Å². The van der Waals surface area contributed by atoms with Gasteiger partial charge in [0, 0.05) is 33.4 Å². The Kier molecular flexibility index (Phi) is 3.25. The van der Waals surface area contributed by atoms with E-state index < -0.39 is 12.7 Å². The Morgan fingerprint density at radius 3 is 2.63 bits per heavy atom. The standard InChI is InChI=1S/C28H25NO/c1-18-17-29-26(16-25(18)19-8-3-2-4-9-19)24-13-7-12-22-23-15-14-20-10-5-6-11-21(20)27(23)30-28(22)24/h5-7,10-17,19H,2-4,8-9H2,1H3/i1D3,19D. The van der Waals surface area contributed by atoms with Gasteiger partial charge < -0.3 is 4.42 Å². The zero-order valence-electron chi connectivity index (χ0n) is 20.7. The van der Waals surface area contributed by atoms with Crippen LogP contribution in [0.2, 0.25) is 0 Å². The van der Waals surface area contributed by atoms with Crippen molar-refractivity contribution in [3.8, 4) is 11.3 Å². The summed E-state index contributed by atoms with van der Waals surface area (Å²) in [5.41, 5.74) is 3.80. The van der Waals surface area contributed by atoms with Crippen LogP contribution in [0.25, 0.3) is 44.0 Å². The number of hydrogen-bond acceptors (Lipinski definition) is 2. The summed E-state index contributed by atoms with van der Waals surface area (Å²) in [6.45, 7) is -2.31. The largest absolute Gasteiger partial charge is 0.455 e. The molecule has 0 N–H and O–H groups in total. The van der Waals surface area contributed by atoms with Crippen LogP contribution in [0.3, 0.4) is 0 Å². The second-order valence-corrected chi connectivity index (χ2v) is 8.23. The number of furan rings is 1. The molecule has 148 valence electrons. The van der Waals surface area contributed by atoms with E-state index in [2.05, 4.69) is 29.2 Å². The summed E-state index contributed by atoms with van der Waals surface area (Å²) in [6.07, 6.45) is 5.76. The SMILES string of the molecule is [2H]C([2H])([2H])c1cnc(-c2cccc3c2oc2c4ccccc4ccc32)cc1C1([2H])CCCCC1. The summed E-state index contributed by atoms with van der Waals surface area (Å²) in [5, 5.41) is 4.21. The average Bonchev–Trinajstić information content (AvgIpc) is 3.23. The molecule has 5 aromatic rings. The van der Waals surface area contributed by atoms with Gasteiger partial charge in [-0.25, -0.2) is 0 Å². The van der Waals surface area contributed by atoms with Crippen molar-refractivity contribution in [2.45, 2.75) is 44.8 Å². The summed E-state index contributed by atoms with van der Waals surface area (Å²) in [4.78, 5) is 4.58. The van der Waals surface area contributed by atoms with Crippen LogP contribution < -0.4 is 0 Å². The first-order valence-corrected chi connectivity index (χ1v) is 10.7. The minimum Gasteiger partial charge on any atom is -0.455 e. The van der Waals surface area contributed by atoms with Gasteiger partial charge in [0.2, 0.25) is 0 Å². The lowest BCUT2D eigenvalue weighted by molar-refractivity contribution is 0.442. The number of hydrogen-bond donors (Lipinski definition) is 0. The van der Waals surface area contributed by atoms with E-state index in [1.54, 1.807) is 0 Å². The van der Waals surface area contributed by atoms with Crippen molar-refractivity contribution < 1.29 is 9.90 Å². The third-order valence-electron chi connectivity index (χ3n) is 6.41. The van der Waals surface area contributed by atoms with E-state index in [0.29, 0.717) is 24.1 Å². The lowest BCUT2D eigenvalue weighted by atomic mass is 9.82. The van der Waals surface area contributed by atoms with E-state index in [1.165, 1.54) is 6.20 Å². The molecule has 0 spiro atoms. The third-order valence-corrected chi connectivity index (χ3v) is 6.41. The molecule has 0 radical (unpaired) electrons. The summed E-state index contributed by atoms with van der Waals surface area (Å²) in [5.74, 6) is -0.905. The second kappa shape index (κ2) is 6.98. The molecular formula is C28H25NO. The van der Waals surface area contributed by atoms with Gasteiger partial charge in [0.05, 0.1) is 5.69 Å². The summed E-state index contributed by atoms with van der Waals surface area (Å²) < 4.78 is 39.8. The van der Waals surface area contributed by atoms with Crippen molar-refractivity contribution in [1.29, 1.82) is 0 Å². The highest BCUT2D eigenvalue weighted by molar-refractivity contribution is 6.17. The molecule has 2 heterocycles. The molecule has 0 aliphatic heterocycles. The van der Waals surface area contributed by atoms with E-state index >= 15 is 0 Å². The first kappa shape index (κ1) is 14.0. The Labute approximate surface area is 182 Å². The van der Waals surface area contributed by atoms with Crippen molar-refractivity contribution >= 4 is 32.7 Å². The molecule has 30 heavy (non-hydrogen) atoms. The van der Waals surface area contributed by atoms with E-state index in [4.69, 9.17) is 8.53 Å². The maximum absolute atomic E-state index is 9.18. The molecule has 3 aromatic carbocycles. The van der Waals surface area contributed by atoms with Gasteiger partial charge in [0.1, 0.15) is 11.2 Å². The van der Waals surface area contributed by atoms with Gasteiger partial charge in [-0.1, -0.05) is 61.7 Å². The molecule has 0 saturated heterocycles. The third kappa shape index (κ3) is 2.74. The Bertz CT molecular complexity index is 1540. The fraction of sp³-hybridized carbons (Fsp3) is 0.250. The van der Waals surface area contributed by atoms with E-state index in [9.17, 15) is 1.37 Å². The van der Waals surface area contributed by atoms with Gasteiger partial charge in [0.15, 0.2) is 0 Å². The van der Waals surface area contributed by atoms with E-state index in [0.717, 1.165) is 57.5 Å². The molecule has 1 aliphatic carbocycles. The zero-order chi connectivity index (χ0) is 23.5. The molecule has 2 nitrogen and oxygen atoms in total. The number of nitrogens with zero attached hydrogens (tertiary/aromatic N) is 1. The highest BCUT2D eigenvalue weighted by atomic mass is 16.3. The quantitative estimate of drug-likeness (QED) is 0.301. The van der Waals surface area contributed by atoms with Crippen LogP contribution in [0.1, 0.15) is 54.6 Å². The van der Waals surface area contributed by atoms with Crippen molar-refractivity contribution in [3.63, 3.8) is 0 Å². The maximum atomic E-state index is 9.18. The molecule has 2 aromatic heterocycles. The molecule has 6 rings (SSSR count). The molecule has 2 heteroatoms. The Morgan fingerprint density at radius 2 is 1.73 bits per heavy atom. The van der Waals surface area contributed by atoms with Crippen LogP contribution in [-0.2, 0) is 0 Å². The summed E-state index contributed by atoms with van der Waals surface area (Å²) >= 11 is 0. The van der Waals surface area contributed by atoms with Gasteiger partial charge in [-0.05, 0) is 60.3 Å². The van der Waals surface area contributed by atoms with Crippen LogP contribution in [0, 0.1) is 6.85 Å². The predicted octanol–water partition coefficient (Wildman–Crippen LogP) is 8.16. The normalized spacial score (nSPS) is 18.8. The molecule has 1 saturated carbocycles. The van der Waals surface area contributed by atoms with Crippen molar-refractivity contribution in [1.82, 2.24) is 4.98 Å². The highest BCUT2D eigenvalue weighted by Gasteiger charge is 2.20. The van der Waals surface area contributed by atoms with Gasteiger partial charge in [-0.15, -0.1) is 0 Å². The van der Waals surface area contributed by atoms with Gasteiger partial charge >= 0.3 is 0 Å². The Morgan fingerprint density at radius 1 is 0.900 bits per heavy atom. The molecule has 1 fully saturated rings. The highest BCUT2D eigenvalue weighted by Crippen LogP contribution is 2.40. The molecule has 0 bridgehead atoms. The molecular weight excluding hydrogens is 366 g/mol. The number of para-hydroxylation sites is 1. The van der Waals surface area contributed by atoms with Gasteiger partial charge in [0.25, 0.3) is 0 Å². The van der Waals surface area contributed by atoms with Crippen LogP contribution in [0.15, 0.2) is 71.3 Å². The minimum atomic E-state index is -2.31. The predicted molar refractivity (Wildman–Crippen MR) is 125 cm³/mol. The molecule has 0 amide bonds. The summed E-state index contributed by atoms with van der Waals surface area (Å²) in [6, 6.07) is 20.2. The van der Waals surface area contributed by atoms with Crippen molar-refractivity contribution in [3.05, 3.63) is 78.0 Å². The van der Waals surface area contributed by atoms with E-state index in [1.807, 2.05) is 36.4 Å². The van der Waals surface area contributed by atoms with Crippen molar-refractivity contribution in [2.24, 2.45) is 0 Å². The Hall–Kier alpha value is -3.13. The minimum absolute atomic E-state index is 0.191. The first-order chi connectivity index (χ1) is 16.4. The maximum Gasteiger partial charge on any atom is 0.144 e. The lowest BCUT2D eigenvalue weighted by Gasteiger charge is -2.24. The first-order valence-electron chi connectivity index (χ1n) is 12.7. The average molecular weight is 396 g/mol. The molecule has 1 aliphatic rings. The number of pyridine rings is 1. The van der Waals surface area contributed by atoms with Gasteiger partial charge in [-0.3, -0.25) is 4.98 Å². The number of benzene rings is 3. The smallest absolute Gasteiger partial charge is 0.144 e. The fourth-order valence-electron chi connectivity index (χ4n) is 4.87. The monoisotopic (exact) mass is 395 g/mol. The fourth-order valence-corrected chi connectivity index (χ4v) is 4.87. The van der Waals surface area contributed by atoms with Crippen LogP contribution in [0.4, 0.5) is 0 Å². The molecule has 0 unspecified atom stereocenters. The zero-order valence-corrected chi connectivity index (χ0v) is 16.7. The van der Waals surface area contributed by atoms with Gasteiger partial charge in [-0.2, -0.15) is 0 Å². The molecule has 0 atom stereocenters. The van der Waals surface area contributed by atoms with Crippen molar-refractivity contribution in [2.75, 3.05) is 0 Å². The number of rotatable bonds is 2. The van der Waals surface area contributed by atoms with Crippen LogP contribution in [0.5, 0.6) is 0 Å². The number of aryl methyl sites for hydroxylation is 1. The second-order valence-electron chi connectivity index (χ2n) is 8.23. The van der Waals surface area contributed by atoms with Crippen LogP contribution >= 0.6 is 0 Å².